The van der Waals surface area contributed by atoms with Crippen molar-refractivity contribution < 1.29 is 42.6 Å². The number of rotatable bonds is 21. The molecule has 0 amide bonds. The molecule has 1 unspecified atom stereocenters. The Hall–Kier alpha value is -2.24. The molecule has 1 heterocycles. The molecule has 1 aliphatic heterocycles. The first kappa shape index (κ1) is 42.2. The van der Waals surface area contributed by atoms with Gasteiger partial charge in [-0.15, -0.1) is 0 Å². The van der Waals surface area contributed by atoms with E-state index in [0.29, 0.717) is 92.5 Å². The van der Waals surface area contributed by atoms with E-state index in [-0.39, 0.29) is 6.10 Å². The lowest BCUT2D eigenvalue weighted by molar-refractivity contribution is -0.0847. The van der Waals surface area contributed by atoms with Crippen LogP contribution in [-0.4, -0.2) is 105 Å². The van der Waals surface area contributed by atoms with E-state index in [1.165, 1.54) is 63.4 Å². The molecule has 0 bridgehead atoms. The van der Waals surface area contributed by atoms with Crippen LogP contribution in [-0.2, 0) is 33.2 Å². The number of hydrogen-bond donors (Lipinski definition) is 0. The first-order chi connectivity index (χ1) is 24.8. The van der Waals surface area contributed by atoms with Crippen LogP contribution < -0.4 is 9.47 Å². The monoisotopic (exact) mass is 702 g/mol. The molecule has 1 fully saturated rings. The smallest absolute Gasteiger partial charge is 0.119 e. The topological polar surface area (TPSA) is 83.1 Å². The van der Waals surface area contributed by atoms with Crippen LogP contribution in [0.4, 0.5) is 0 Å². The third-order valence-electron chi connectivity index (χ3n) is 8.44. The lowest BCUT2D eigenvalue weighted by Crippen LogP contribution is -2.28. The largest absolute Gasteiger partial charge is 0.494 e. The minimum atomic E-state index is -0.162. The molecular formula is C41H66O9. The highest BCUT2D eigenvalue weighted by Crippen LogP contribution is 2.25. The van der Waals surface area contributed by atoms with Crippen molar-refractivity contribution in [2.45, 2.75) is 90.1 Å². The third-order valence-corrected chi connectivity index (χ3v) is 8.44. The Labute approximate surface area is 302 Å². The van der Waals surface area contributed by atoms with Gasteiger partial charge >= 0.3 is 0 Å². The summed E-state index contributed by atoms with van der Waals surface area (Å²) in [6, 6.07) is 16.7. The van der Waals surface area contributed by atoms with Gasteiger partial charge in [0, 0.05) is 6.61 Å². The summed E-state index contributed by atoms with van der Waals surface area (Å²) in [6.07, 6.45) is 15.0. The Bertz CT molecular complexity index is 1000. The molecule has 2 aromatic carbocycles. The van der Waals surface area contributed by atoms with E-state index >= 15 is 0 Å². The van der Waals surface area contributed by atoms with Crippen LogP contribution in [0.3, 0.4) is 0 Å². The molecule has 1 atom stereocenters. The molecule has 9 heteroatoms. The first-order valence-electron chi connectivity index (χ1n) is 19.4. The summed E-state index contributed by atoms with van der Waals surface area (Å²) in [5, 5.41) is 0. The first-order valence-corrected chi connectivity index (χ1v) is 19.4. The summed E-state index contributed by atoms with van der Waals surface area (Å²) in [7, 11) is 0. The Balaban J connectivity index is 1.22. The van der Waals surface area contributed by atoms with Gasteiger partial charge in [-0.3, -0.25) is 0 Å². The van der Waals surface area contributed by atoms with Gasteiger partial charge in [0.1, 0.15) is 17.6 Å². The van der Waals surface area contributed by atoms with Crippen LogP contribution in [0.25, 0.3) is 11.1 Å². The van der Waals surface area contributed by atoms with Crippen molar-refractivity contribution in [1.29, 1.82) is 0 Å². The molecule has 9 nitrogen and oxygen atoms in total. The standard InChI is InChI=1S/C41H66O9/c1-2-3-4-5-6-7-8-9-10-11-23-48-39-18-14-37(15-19-39)38-16-20-40(21-17-38)49-24-13-12-22-46-35-41-36-47-32-31-44-28-27-42-25-26-43-29-30-45-33-34-50-41/h14-21,41H,2-13,22-36H2,1H3. The molecule has 0 aromatic heterocycles. The zero-order valence-electron chi connectivity index (χ0n) is 31.0. The maximum atomic E-state index is 5.99. The van der Waals surface area contributed by atoms with E-state index in [1.54, 1.807) is 0 Å². The van der Waals surface area contributed by atoms with E-state index in [0.717, 1.165) is 42.9 Å². The maximum Gasteiger partial charge on any atom is 0.119 e. The Kier molecular flexibility index (Phi) is 25.6. The van der Waals surface area contributed by atoms with Gasteiger partial charge < -0.3 is 42.6 Å². The van der Waals surface area contributed by atoms with E-state index in [2.05, 4.69) is 43.3 Å². The van der Waals surface area contributed by atoms with Crippen LogP contribution in [0.15, 0.2) is 48.5 Å². The van der Waals surface area contributed by atoms with Crippen LogP contribution in [0, 0.1) is 0 Å². The molecule has 0 aliphatic carbocycles. The van der Waals surface area contributed by atoms with E-state index in [9.17, 15) is 0 Å². The highest BCUT2D eigenvalue weighted by atomic mass is 16.6. The predicted molar refractivity (Wildman–Crippen MR) is 199 cm³/mol. The molecular weight excluding hydrogens is 636 g/mol. The van der Waals surface area contributed by atoms with Gasteiger partial charge in [-0.1, -0.05) is 89.0 Å². The van der Waals surface area contributed by atoms with Gasteiger partial charge in [0.05, 0.1) is 92.5 Å². The second-order valence-corrected chi connectivity index (χ2v) is 12.7. The van der Waals surface area contributed by atoms with Crippen LogP contribution in [0.2, 0.25) is 0 Å². The lowest BCUT2D eigenvalue weighted by atomic mass is 10.1. The number of unbranched alkanes of at least 4 members (excludes halogenated alkanes) is 10. The van der Waals surface area contributed by atoms with Gasteiger partial charge in [0.15, 0.2) is 0 Å². The van der Waals surface area contributed by atoms with Gasteiger partial charge in [-0.25, -0.2) is 0 Å². The fraction of sp³-hybridized carbons (Fsp3) is 0.707. The number of benzene rings is 2. The zero-order chi connectivity index (χ0) is 35.0. The molecule has 1 saturated heterocycles. The van der Waals surface area contributed by atoms with Crippen molar-refractivity contribution in [2.24, 2.45) is 0 Å². The van der Waals surface area contributed by atoms with E-state index in [1.807, 2.05) is 12.1 Å². The predicted octanol–water partition coefficient (Wildman–Crippen LogP) is 8.31. The molecule has 0 spiro atoms. The molecule has 0 saturated carbocycles. The average Bonchev–Trinajstić information content (AvgIpc) is 3.14. The third kappa shape index (κ3) is 21.9. The van der Waals surface area contributed by atoms with Gasteiger partial charge in [-0.05, 0) is 54.7 Å². The fourth-order valence-corrected chi connectivity index (χ4v) is 5.49. The lowest BCUT2D eigenvalue weighted by Gasteiger charge is -2.19. The van der Waals surface area contributed by atoms with Crippen molar-refractivity contribution in [1.82, 2.24) is 0 Å². The van der Waals surface area contributed by atoms with E-state index in [4.69, 9.17) is 42.6 Å². The van der Waals surface area contributed by atoms with Gasteiger partial charge in [0.2, 0.25) is 0 Å². The van der Waals surface area contributed by atoms with Crippen LogP contribution >= 0.6 is 0 Å². The maximum absolute atomic E-state index is 5.99. The number of ether oxygens (including phenoxy) is 9. The number of hydrogen-bond acceptors (Lipinski definition) is 9. The van der Waals surface area contributed by atoms with Crippen molar-refractivity contribution >= 4 is 0 Å². The second kappa shape index (κ2) is 30.4. The van der Waals surface area contributed by atoms with Crippen molar-refractivity contribution in [3.8, 4) is 22.6 Å². The molecule has 0 N–H and O–H groups in total. The van der Waals surface area contributed by atoms with E-state index < -0.39 is 0 Å². The van der Waals surface area contributed by atoms with Crippen LogP contribution in [0.5, 0.6) is 11.5 Å². The van der Waals surface area contributed by atoms with Gasteiger partial charge in [0.25, 0.3) is 0 Å². The Morgan fingerprint density at radius 1 is 0.460 bits per heavy atom. The summed E-state index contributed by atoms with van der Waals surface area (Å²) in [6.45, 7) is 10.5. The summed E-state index contributed by atoms with van der Waals surface area (Å²) >= 11 is 0. The minimum absolute atomic E-state index is 0.162. The summed E-state index contributed by atoms with van der Waals surface area (Å²) in [5.74, 6) is 1.81. The average molecular weight is 703 g/mol. The molecule has 50 heavy (non-hydrogen) atoms. The van der Waals surface area contributed by atoms with Crippen molar-refractivity contribution in [2.75, 3.05) is 99.1 Å². The quantitative estimate of drug-likeness (QED) is 0.119. The molecule has 0 radical (unpaired) electrons. The minimum Gasteiger partial charge on any atom is -0.494 e. The summed E-state index contributed by atoms with van der Waals surface area (Å²) < 4.78 is 51.7. The second-order valence-electron chi connectivity index (χ2n) is 12.7. The summed E-state index contributed by atoms with van der Waals surface area (Å²) in [5.41, 5.74) is 2.33. The SMILES string of the molecule is CCCCCCCCCCCCOc1ccc(-c2ccc(OCCCCOCC3COCCOCCOCCOCCOCCO3)cc2)cc1. The van der Waals surface area contributed by atoms with Gasteiger partial charge in [-0.2, -0.15) is 0 Å². The van der Waals surface area contributed by atoms with Crippen LogP contribution in [0.1, 0.15) is 84.0 Å². The van der Waals surface area contributed by atoms with Crippen molar-refractivity contribution in [3.05, 3.63) is 48.5 Å². The summed E-state index contributed by atoms with van der Waals surface area (Å²) in [4.78, 5) is 0. The normalized spacial score (nSPS) is 17.5. The zero-order valence-corrected chi connectivity index (χ0v) is 31.0. The molecule has 1 aliphatic rings. The fourth-order valence-electron chi connectivity index (χ4n) is 5.49. The Morgan fingerprint density at radius 3 is 1.36 bits per heavy atom. The highest BCUT2D eigenvalue weighted by molar-refractivity contribution is 5.64. The molecule has 3 rings (SSSR count). The highest BCUT2D eigenvalue weighted by Gasteiger charge is 2.11. The molecule has 2 aromatic rings. The van der Waals surface area contributed by atoms with Crippen molar-refractivity contribution in [3.63, 3.8) is 0 Å². The molecule has 284 valence electrons. The Morgan fingerprint density at radius 2 is 0.860 bits per heavy atom.